The Hall–Kier alpha value is -3.16. The van der Waals surface area contributed by atoms with Crippen LogP contribution in [-0.2, 0) is 23.9 Å². The van der Waals surface area contributed by atoms with E-state index in [2.05, 4.69) is 26.7 Å². The fraction of sp³-hybridized carbons (Fsp3) is 0.400. The Kier molecular flexibility index (Phi) is 12.4. The van der Waals surface area contributed by atoms with Crippen molar-refractivity contribution in [3.05, 3.63) is 48.6 Å². The van der Waals surface area contributed by atoms with Crippen LogP contribution in [0.15, 0.2) is 43.0 Å². The highest BCUT2D eigenvalue weighted by molar-refractivity contribution is 5.96. The summed E-state index contributed by atoms with van der Waals surface area (Å²) in [4.78, 5) is 44.5. The van der Waals surface area contributed by atoms with Crippen LogP contribution < -0.4 is 10.6 Å². The monoisotopic (exact) mass is 392 g/mol. The molecule has 8 nitrogen and oxygen atoms in total. The van der Waals surface area contributed by atoms with Crippen molar-refractivity contribution in [3.8, 4) is 0 Å². The Labute approximate surface area is 165 Å². The van der Waals surface area contributed by atoms with E-state index in [1.807, 2.05) is 6.07 Å². The van der Waals surface area contributed by atoms with Crippen LogP contribution in [0.5, 0.6) is 0 Å². The van der Waals surface area contributed by atoms with Gasteiger partial charge in [-0.05, 0) is 25.0 Å². The summed E-state index contributed by atoms with van der Waals surface area (Å²) >= 11 is 0. The topological polar surface area (TPSA) is 111 Å². The van der Waals surface area contributed by atoms with Gasteiger partial charge in [0.25, 0.3) is 5.91 Å². The molecule has 2 N–H and O–H groups in total. The third-order valence-electron chi connectivity index (χ3n) is 3.50. The van der Waals surface area contributed by atoms with Gasteiger partial charge < -0.3 is 20.1 Å². The van der Waals surface area contributed by atoms with Crippen LogP contribution in [0, 0.1) is 0 Å². The molecule has 0 spiro atoms. The molecule has 2 amide bonds. The molecule has 2 atom stereocenters. The lowest BCUT2D eigenvalue weighted by molar-refractivity contribution is -0.145. The van der Waals surface area contributed by atoms with Crippen molar-refractivity contribution in [1.29, 1.82) is 0 Å². The van der Waals surface area contributed by atoms with Gasteiger partial charge in [0.2, 0.25) is 5.91 Å². The molecule has 28 heavy (non-hydrogen) atoms. The Balaban J connectivity index is 0.000000576. The van der Waals surface area contributed by atoms with E-state index in [0.29, 0.717) is 18.4 Å². The van der Waals surface area contributed by atoms with E-state index in [0.717, 1.165) is 0 Å². The van der Waals surface area contributed by atoms with Gasteiger partial charge in [-0.2, -0.15) is 0 Å². The highest BCUT2D eigenvalue weighted by Crippen LogP contribution is 2.02. The largest absolute Gasteiger partial charge is 0.467 e. The first kappa shape index (κ1) is 24.8. The Morgan fingerprint density at radius 1 is 1.00 bits per heavy atom. The maximum absolute atomic E-state index is 11.8. The van der Waals surface area contributed by atoms with Gasteiger partial charge in [0.1, 0.15) is 12.1 Å². The summed E-state index contributed by atoms with van der Waals surface area (Å²) in [5, 5.41) is 5.07. The van der Waals surface area contributed by atoms with E-state index in [1.54, 1.807) is 37.3 Å². The highest BCUT2D eigenvalue weighted by Gasteiger charge is 2.20. The number of amides is 2. The quantitative estimate of drug-likeness (QED) is 0.514. The molecular weight excluding hydrogens is 364 g/mol. The third kappa shape index (κ3) is 9.51. The van der Waals surface area contributed by atoms with E-state index in [9.17, 15) is 19.2 Å². The van der Waals surface area contributed by atoms with Gasteiger partial charge in [0, 0.05) is 12.5 Å². The molecule has 0 heterocycles. The van der Waals surface area contributed by atoms with Gasteiger partial charge in [0.15, 0.2) is 0 Å². The molecule has 1 aromatic rings. The number of hydrogen-bond donors (Lipinski definition) is 2. The highest BCUT2D eigenvalue weighted by atomic mass is 16.5. The molecule has 1 rings (SSSR count). The molecule has 0 bridgehead atoms. The molecule has 0 fully saturated rings. The smallest absolute Gasteiger partial charge is 0.328 e. The number of carbonyl (C=O) groups excluding carboxylic acids is 4. The number of benzene rings is 1. The maximum atomic E-state index is 11.8. The lowest BCUT2D eigenvalue weighted by Crippen LogP contribution is -2.41. The Morgan fingerprint density at radius 2 is 1.54 bits per heavy atom. The number of nitrogens with one attached hydrogen (secondary N) is 2. The SMILES string of the molecule is C=CC[C@H](NC(=O)c1ccccc1)C(=O)OC.CC[C@H](NC(C)=O)C(=O)OC. The summed E-state index contributed by atoms with van der Waals surface area (Å²) in [6.07, 6.45) is 2.45. The van der Waals surface area contributed by atoms with Crippen molar-refractivity contribution in [2.45, 2.75) is 38.8 Å². The average molecular weight is 392 g/mol. The third-order valence-corrected chi connectivity index (χ3v) is 3.50. The van der Waals surface area contributed by atoms with Gasteiger partial charge >= 0.3 is 11.9 Å². The summed E-state index contributed by atoms with van der Waals surface area (Å²) in [5.74, 6) is -1.40. The van der Waals surface area contributed by atoms with Crippen LogP contribution in [0.4, 0.5) is 0 Å². The number of rotatable bonds is 8. The molecule has 0 aromatic heterocycles. The van der Waals surface area contributed by atoms with Gasteiger partial charge in [-0.1, -0.05) is 31.2 Å². The molecule has 0 aliphatic rings. The molecule has 0 aliphatic heterocycles. The van der Waals surface area contributed by atoms with Crippen molar-refractivity contribution >= 4 is 23.8 Å². The predicted octanol–water partition coefficient (Wildman–Crippen LogP) is 1.61. The van der Waals surface area contributed by atoms with Crippen LogP contribution in [0.2, 0.25) is 0 Å². The van der Waals surface area contributed by atoms with E-state index >= 15 is 0 Å². The van der Waals surface area contributed by atoms with Crippen molar-refractivity contribution in [2.75, 3.05) is 14.2 Å². The minimum absolute atomic E-state index is 0.220. The minimum Gasteiger partial charge on any atom is -0.467 e. The van der Waals surface area contributed by atoms with Gasteiger partial charge in [0.05, 0.1) is 14.2 Å². The molecular formula is C20H28N2O6. The lowest BCUT2D eigenvalue weighted by atomic mass is 10.1. The number of hydrogen-bond acceptors (Lipinski definition) is 6. The van der Waals surface area contributed by atoms with Gasteiger partial charge in [-0.3, -0.25) is 9.59 Å². The van der Waals surface area contributed by atoms with Crippen LogP contribution in [0.1, 0.15) is 37.0 Å². The number of carbonyl (C=O) groups is 4. The summed E-state index contributed by atoms with van der Waals surface area (Å²) in [6.45, 7) is 6.71. The molecule has 0 saturated carbocycles. The molecule has 0 aliphatic carbocycles. The summed E-state index contributed by atoms with van der Waals surface area (Å²) in [5.41, 5.74) is 0.505. The zero-order valence-electron chi connectivity index (χ0n) is 16.7. The molecule has 8 heteroatoms. The first-order chi connectivity index (χ1) is 13.3. The molecule has 0 unspecified atom stereocenters. The maximum Gasteiger partial charge on any atom is 0.328 e. The second kappa shape index (κ2) is 14.0. The van der Waals surface area contributed by atoms with Crippen LogP contribution in [-0.4, -0.2) is 50.1 Å². The second-order valence-corrected chi connectivity index (χ2v) is 5.62. The van der Waals surface area contributed by atoms with Gasteiger partial charge in [-0.25, -0.2) is 9.59 Å². The summed E-state index contributed by atoms with van der Waals surface area (Å²) in [6, 6.07) is 7.50. The van der Waals surface area contributed by atoms with Crippen LogP contribution in [0.25, 0.3) is 0 Å². The number of esters is 2. The normalized spacial score (nSPS) is 11.6. The fourth-order valence-corrected chi connectivity index (χ4v) is 2.07. The second-order valence-electron chi connectivity index (χ2n) is 5.62. The Bertz CT molecular complexity index is 660. The van der Waals surface area contributed by atoms with Crippen LogP contribution >= 0.6 is 0 Å². The van der Waals surface area contributed by atoms with Gasteiger partial charge in [-0.15, -0.1) is 6.58 Å². The van der Waals surface area contributed by atoms with Crippen LogP contribution in [0.3, 0.4) is 0 Å². The minimum atomic E-state index is -0.690. The van der Waals surface area contributed by atoms with E-state index in [-0.39, 0.29) is 11.8 Å². The van der Waals surface area contributed by atoms with E-state index in [4.69, 9.17) is 0 Å². The standard InChI is InChI=1S/C13H15NO3.C7H13NO3/c1-3-7-11(13(16)17-2)14-12(15)10-8-5-4-6-9-10;1-4-6(7(10)11-3)8-5(2)9/h3-6,8-9,11H,1,7H2,2H3,(H,14,15);6H,4H2,1-3H3,(H,8,9)/t11-;6-/m00/s1. The zero-order chi connectivity index (χ0) is 21.5. The molecule has 0 saturated heterocycles. The average Bonchev–Trinajstić information content (AvgIpc) is 2.71. The van der Waals surface area contributed by atoms with Crippen molar-refractivity contribution in [1.82, 2.24) is 10.6 Å². The Morgan fingerprint density at radius 3 is 1.96 bits per heavy atom. The summed E-state index contributed by atoms with van der Waals surface area (Å²) < 4.78 is 9.05. The zero-order valence-corrected chi connectivity index (χ0v) is 16.7. The fourth-order valence-electron chi connectivity index (χ4n) is 2.07. The van der Waals surface area contributed by atoms with Crippen molar-refractivity contribution < 1.29 is 28.7 Å². The molecule has 1 aromatic carbocycles. The molecule has 0 radical (unpaired) electrons. The lowest BCUT2D eigenvalue weighted by Gasteiger charge is -2.14. The van der Waals surface area contributed by atoms with Crippen molar-refractivity contribution in [3.63, 3.8) is 0 Å². The number of ether oxygens (including phenoxy) is 2. The first-order valence-corrected chi connectivity index (χ1v) is 8.70. The van der Waals surface area contributed by atoms with E-state index < -0.39 is 24.0 Å². The first-order valence-electron chi connectivity index (χ1n) is 8.70. The predicted molar refractivity (Wildman–Crippen MR) is 104 cm³/mol. The number of methoxy groups -OCH3 is 2. The summed E-state index contributed by atoms with van der Waals surface area (Å²) in [7, 11) is 2.58. The molecule has 154 valence electrons. The van der Waals surface area contributed by atoms with Crippen molar-refractivity contribution in [2.24, 2.45) is 0 Å². The van der Waals surface area contributed by atoms with E-state index in [1.165, 1.54) is 21.1 Å².